The van der Waals surface area contributed by atoms with Crippen LogP contribution < -0.4 is 15.0 Å². The Bertz CT molecular complexity index is 647. The van der Waals surface area contributed by atoms with Crippen molar-refractivity contribution in [3.8, 4) is 5.75 Å². The molecular weight excluding hydrogens is 377 g/mol. The Morgan fingerprint density at radius 1 is 1.38 bits per heavy atom. The van der Waals surface area contributed by atoms with E-state index in [1.807, 2.05) is 19.0 Å². The molecule has 2 amide bonds. The van der Waals surface area contributed by atoms with Gasteiger partial charge in [0, 0.05) is 18.8 Å². The number of alkyl halides is 3. The van der Waals surface area contributed by atoms with Crippen molar-refractivity contribution in [3.63, 3.8) is 0 Å². The van der Waals surface area contributed by atoms with E-state index in [2.05, 4.69) is 5.32 Å². The summed E-state index contributed by atoms with van der Waals surface area (Å²) in [6, 6.07) is 4.93. The van der Waals surface area contributed by atoms with E-state index in [9.17, 15) is 9.59 Å². The summed E-state index contributed by atoms with van der Waals surface area (Å²) in [5.74, 6) is -0.356. The van der Waals surface area contributed by atoms with E-state index in [4.69, 9.17) is 39.5 Å². The van der Waals surface area contributed by atoms with Crippen LogP contribution in [0.5, 0.6) is 5.75 Å². The first-order valence-corrected chi connectivity index (χ1v) is 8.38. The van der Waals surface area contributed by atoms with Crippen molar-refractivity contribution in [1.82, 2.24) is 4.90 Å². The van der Waals surface area contributed by atoms with E-state index < -0.39 is 15.8 Å². The molecule has 1 atom stereocenters. The second-order valence-corrected chi connectivity index (χ2v) is 7.97. The van der Waals surface area contributed by atoms with Gasteiger partial charge in [0.25, 0.3) is 15.6 Å². The van der Waals surface area contributed by atoms with E-state index in [-0.39, 0.29) is 5.91 Å². The van der Waals surface area contributed by atoms with E-state index in [0.29, 0.717) is 30.2 Å². The number of anilines is 2. The molecule has 6 nitrogen and oxygen atoms in total. The Labute approximate surface area is 155 Å². The first-order valence-electron chi connectivity index (χ1n) is 7.24. The van der Waals surface area contributed by atoms with Crippen LogP contribution in [0.15, 0.2) is 18.2 Å². The third-order valence-electron chi connectivity index (χ3n) is 3.45. The lowest BCUT2D eigenvalue weighted by molar-refractivity contribution is -0.125. The molecular formula is C15H18Cl3N3O3. The molecule has 0 saturated carbocycles. The van der Waals surface area contributed by atoms with Crippen molar-refractivity contribution >= 4 is 58.0 Å². The van der Waals surface area contributed by atoms with E-state index >= 15 is 0 Å². The third kappa shape index (κ3) is 4.45. The smallest absolute Gasteiger partial charge is 0.276 e. The van der Waals surface area contributed by atoms with E-state index in [1.165, 1.54) is 0 Å². The lowest BCUT2D eigenvalue weighted by Gasteiger charge is -2.34. The van der Waals surface area contributed by atoms with Gasteiger partial charge in [0.15, 0.2) is 6.10 Å². The minimum atomic E-state index is -2.07. The predicted octanol–water partition coefficient (Wildman–Crippen LogP) is 2.67. The first-order chi connectivity index (χ1) is 11.1. The van der Waals surface area contributed by atoms with E-state index in [1.54, 1.807) is 30.0 Å². The molecule has 0 spiro atoms. The molecule has 1 aliphatic rings. The van der Waals surface area contributed by atoms with Gasteiger partial charge in [-0.2, -0.15) is 0 Å². The topological polar surface area (TPSA) is 61.9 Å². The summed E-state index contributed by atoms with van der Waals surface area (Å²) in [7, 11) is 3.85. The van der Waals surface area contributed by atoms with Gasteiger partial charge in [0.1, 0.15) is 5.75 Å². The van der Waals surface area contributed by atoms with Crippen LogP contribution in [0.25, 0.3) is 0 Å². The van der Waals surface area contributed by atoms with Gasteiger partial charge in [0.05, 0.1) is 5.69 Å². The number of rotatable bonds is 4. The number of likely N-dealkylation sites (N-methyl/N-ethyl adjacent to an activating group) is 1. The number of halogens is 3. The molecule has 1 unspecified atom stereocenters. The zero-order chi connectivity index (χ0) is 18.1. The molecule has 0 saturated heterocycles. The molecule has 0 bridgehead atoms. The molecule has 1 aromatic rings. The summed E-state index contributed by atoms with van der Waals surface area (Å²) in [6.45, 7) is 2.88. The van der Waals surface area contributed by atoms with Gasteiger partial charge in [-0.25, -0.2) is 0 Å². The number of amides is 2. The highest BCUT2D eigenvalue weighted by Gasteiger charge is 2.33. The third-order valence-corrected chi connectivity index (χ3v) is 3.97. The first kappa shape index (κ1) is 19.1. The van der Waals surface area contributed by atoms with Crippen LogP contribution in [0.4, 0.5) is 11.4 Å². The predicted molar refractivity (Wildman–Crippen MR) is 96.4 cm³/mol. The minimum Gasteiger partial charge on any atom is -0.479 e. The van der Waals surface area contributed by atoms with Crippen LogP contribution in [-0.2, 0) is 9.59 Å². The summed E-state index contributed by atoms with van der Waals surface area (Å²) in [4.78, 5) is 27.8. The fourth-order valence-corrected chi connectivity index (χ4v) is 2.36. The fourth-order valence-electron chi connectivity index (χ4n) is 2.22. The number of hydrogen-bond donors (Lipinski definition) is 1. The van der Waals surface area contributed by atoms with Gasteiger partial charge >= 0.3 is 0 Å². The van der Waals surface area contributed by atoms with Crippen molar-refractivity contribution in [2.75, 3.05) is 37.4 Å². The molecule has 2 rings (SSSR count). The van der Waals surface area contributed by atoms with Gasteiger partial charge in [-0.1, -0.05) is 34.8 Å². The molecule has 0 aromatic heterocycles. The second kappa shape index (κ2) is 7.35. The molecule has 24 heavy (non-hydrogen) atoms. The standard InChI is InChI=1S/C15H18Cl3N3O3/c1-9-13(22)21(7-6-20(2)3)11-8-10(4-5-12(11)24-9)19-14(23)15(16,17)18/h4-5,8-9H,6-7H2,1-3H3,(H,19,23). The Kier molecular flexibility index (Phi) is 5.86. The van der Waals surface area contributed by atoms with E-state index in [0.717, 1.165) is 0 Å². The van der Waals surface area contributed by atoms with Crippen LogP contribution in [0.1, 0.15) is 6.92 Å². The van der Waals surface area contributed by atoms with Crippen molar-refractivity contribution in [2.24, 2.45) is 0 Å². The number of ether oxygens (including phenoxy) is 1. The summed E-state index contributed by atoms with van der Waals surface area (Å²) in [6.07, 6.45) is -0.568. The maximum absolute atomic E-state index is 12.4. The highest BCUT2D eigenvalue weighted by molar-refractivity contribution is 6.76. The number of nitrogens with zero attached hydrogens (tertiary/aromatic N) is 2. The molecule has 0 fully saturated rings. The van der Waals surface area contributed by atoms with Gasteiger partial charge in [-0.3, -0.25) is 9.59 Å². The molecule has 1 aromatic carbocycles. The van der Waals surface area contributed by atoms with Crippen molar-refractivity contribution in [2.45, 2.75) is 16.8 Å². The van der Waals surface area contributed by atoms with Crippen molar-refractivity contribution < 1.29 is 14.3 Å². The number of carbonyl (C=O) groups is 2. The van der Waals surface area contributed by atoms with Gasteiger partial charge < -0.3 is 19.9 Å². The number of fused-ring (bicyclic) bond motifs is 1. The zero-order valence-corrected chi connectivity index (χ0v) is 15.7. The molecule has 0 radical (unpaired) electrons. The van der Waals surface area contributed by atoms with Crippen LogP contribution in [0.2, 0.25) is 0 Å². The minimum absolute atomic E-state index is 0.144. The average molecular weight is 395 g/mol. The summed E-state index contributed by atoms with van der Waals surface area (Å²) in [5, 5.41) is 2.50. The Balaban J connectivity index is 2.30. The SMILES string of the molecule is CC1Oc2ccc(NC(=O)C(Cl)(Cl)Cl)cc2N(CCN(C)C)C1=O. The Hall–Kier alpha value is -1.21. The average Bonchev–Trinajstić information content (AvgIpc) is 2.47. The number of carbonyl (C=O) groups excluding carboxylic acids is 2. The van der Waals surface area contributed by atoms with Crippen LogP contribution >= 0.6 is 34.8 Å². The number of nitrogens with one attached hydrogen (secondary N) is 1. The molecule has 132 valence electrons. The van der Waals surface area contributed by atoms with Crippen LogP contribution in [0, 0.1) is 0 Å². The molecule has 1 N–H and O–H groups in total. The maximum Gasteiger partial charge on any atom is 0.276 e. The lowest BCUT2D eigenvalue weighted by atomic mass is 10.1. The van der Waals surface area contributed by atoms with Gasteiger partial charge in [-0.15, -0.1) is 0 Å². The number of benzene rings is 1. The van der Waals surface area contributed by atoms with Crippen LogP contribution in [-0.4, -0.2) is 53.8 Å². The molecule has 1 aliphatic heterocycles. The second-order valence-electron chi connectivity index (χ2n) is 5.69. The number of hydrogen-bond acceptors (Lipinski definition) is 4. The molecule has 1 heterocycles. The highest BCUT2D eigenvalue weighted by Crippen LogP contribution is 2.37. The highest BCUT2D eigenvalue weighted by atomic mass is 35.6. The maximum atomic E-state index is 12.4. The van der Waals surface area contributed by atoms with Crippen molar-refractivity contribution in [3.05, 3.63) is 18.2 Å². The van der Waals surface area contributed by atoms with Crippen LogP contribution in [0.3, 0.4) is 0 Å². The zero-order valence-electron chi connectivity index (χ0n) is 13.5. The Morgan fingerprint density at radius 2 is 2.04 bits per heavy atom. The summed E-state index contributed by atoms with van der Waals surface area (Å²) >= 11 is 16.7. The molecule has 9 heteroatoms. The molecule has 0 aliphatic carbocycles. The lowest BCUT2D eigenvalue weighted by Crippen LogP contribution is -2.46. The summed E-state index contributed by atoms with van der Waals surface area (Å²) in [5.41, 5.74) is 0.980. The largest absolute Gasteiger partial charge is 0.479 e. The monoisotopic (exact) mass is 393 g/mol. The Morgan fingerprint density at radius 3 is 2.62 bits per heavy atom. The quantitative estimate of drug-likeness (QED) is 0.798. The van der Waals surface area contributed by atoms with Gasteiger partial charge in [0.2, 0.25) is 0 Å². The van der Waals surface area contributed by atoms with Gasteiger partial charge in [-0.05, 0) is 39.2 Å². The van der Waals surface area contributed by atoms with Crippen molar-refractivity contribution in [1.29, 1.82) is 0 Å². The fraction of sp³-hybridized carbons (Fsp3) is 0.467. The summed E-state index contributed by atoms with van der Waals surface area (Å²) < 4.78 is 3.54. The normalized spacial score (nSPS) is 17.5.